The molecule has 0 amide bonds. The van der Waals surface area contributed by atoms with Gasteiger partial charge in [-0.25, -0.2) is 8.42 Å². The molecule has 0 bridgehead atoms. The van der Waals surface area contributed by atoms with Crippen LogP contribution in [0, 0.1) is 5.92 Å². The lowest BCUT2D eigenvalue weighted by molar-refractivity contribution is -0.158. The van der Waals surface area contributed by atoms with Crippen LogP contribution < -0.4 is 0 Å². The Bertz CT molecular complexity index is 617. The summed E-state index contributed by atoms with van der Waals surface area (Å²) in [6, 6.07) is 7.63. The number of sulfone groups is 1. The number of benzene rings is 1. The standard InChI is InChI=1S/C14H16O6S/c1-10(9-12(13(15)19-2)14(16)20-3)21(17,18)11-7-5-4-6-8-11/h4-8,12H,1,9H2,2-3H3. The summed E-state index contributed by atoms with van der Waals surface area (Å²) >= 11 is 0. The van der Waals surface area contributed by atoms with Gasteiger partial charge in [-0.15, -0.1) is 0 Å². The Morgan fingerprint density at radius 1 is 1.10 bits per heavy atom. The Morgan fingerprint density at radius 3 is 2.00 bits per heavy atom. The highest BCUT2D eigenvalue weighted by Crippen LogP contribution is 2.24. The van der Waals surface area contributed by atoms with Crippen molar-refractivity contribution >= 4 is 21.8 Å². The Morgan fingerprint density at radius 2 is 1.57 bits per heavy atom. The molecule has 0 spiro atoms. The van der Waals surface area contributed by atoms with Crippen LogP contribution in [-0.2, 0) is 28.9 Å². The van der Waals surface area contributed by atoms with Gasteiger partial charge in [-0.3, -0.25) is 9.59 Å². The molecule has 0 saturated heterocycles. The van der Waals surface area contributed by atoms with Crippen molar-refractivity contribution in [3.05, 3.63) is 41.8 Å². The molecule has 0 aliphatic rings. The highest BCUT2D eigenvalue weighted by Gasteiger charge is 2.32. The average molecular weight is 312 g/mol. The number of ether oxygens (including phenoxy) is 2. The van der Waals surface area contributed by atoms with E-state index < -0.39 is 34.1 Å². The maximum atomic E-state index is 12.3. The van der Waals surface area contributed by atoms with E-state index in [1.807, 2.05) is 0 Å². The van der Waals surface area contributed by atoms with E-state index in [9.17, 15) is 18.0 Å². The van der Waals surface area contributed by atoms with Gasteiger partial charge in [0.25, 0.3) is 0 Å². The number of carbonyl (C=O) groups is 2. The molecule has 1 aromatic rings. The SMILES string of the molecule is C=C(CC(C(=O)OC)C(=O)OC)S(=O)(=O)c1ccccc1. The van der Waals surface area contributed by atoms with Gasteiger partial charge in [0, 0.05) is 11.3 Å². The number of allylic oxidation sites excluding steroid dienone is 1. The van der Waals surface area contributed by atoms with Gasteiger partial charge >= 0.3 is 11.9 Å². The average Bonchev–Trinajstić information content (AvgIpc) is 2.51. The van der Waals surface area contributed by atoms with Gasteiger partial charge in [0.15, 0.2) is 5.92 Å². The fourth-order valence-corrected chi connectivity index (χ4v) is 2.89. The van der Waals surface area contributed by atoms with Crippen molar-refractivity contribution in [1.29, 1.82) is 0 Å². The molecule has 0 aromatic heterocycles. The van der Waals surface area contributed by atoms with Gasteiger partial charge in [-0.1, -0.05) is 24.8 Å². The van der Waals surface area contributed by atoms with Crippen LogP contribution in [0.3, 0.4) is 0 Å². The molecule has 0 unspecified atom stereocenters. The first-order chi connectivity index (χ1) is 9.84. The lowest BCUT2D eigenvalue weighted by Gasteiger charge is -2.14. The smallest absolute Gasteiger partial charge is 0.320 e. The molecule has 1 aromatic carbocycles. The van der Waals surface area contributed by atoms with E-state index >= 15 is 0 Å². The number of esters is 2. The largest absolute Gasteiger partial charge is 0.468 e. The number of methoxy groups -OCH3 is 2. The topological polar surface area (TPSA) is 86.7 Å². The third-order valence-electron chi connectivity index (χ3n) is 2.84. The molecule has 0 heterocycles. The van der Waals surface area contributed by atoms with E-state index in [1.165, 1.54) is 12.1 Å². The molecule has 0 saturated carbocycles. The fraction of sp³-hybridized carbons (Fsp3) is 0.286. The first-order valence-corrected chi connectivity index (χ1v) is 7.46. The highest BCUT2D eigenvalue weighted by atomic mass is 32.2. The zero-order valence-electron chi connectivity index (χ0n) is 11.7. The maximum absolute atomic E-state index is 12.3. The molecule has 114 valence electrons. The summed E-state index contributed by atoms with van der Waals surface area (Å²) in [5.74, 6) is -3.09. The van der Waals surface area contributed by atoms with Crippen molar-refractivity contribution in [3.8, 4) is 0 Å². The molecule has 0 atom stereocenters. The minimum absolute atomic E-state index is 0.0449. The highest BCUT2D eigenvalue weighted by molar-refractivity contribution is 7.95. The van der Waals surface area contributed by atoms with E-state index in [-0.39, 0.29) is 9.80 Å². The van der Waals surface area contributed by atoms with E-state index in [4.69, 9.17) is 0 Å². The van der Waals surface area contributed by atoms with E-state index in [1.54, 1.807) is 18.2 Å². The fourth-order valence-electron chi connectivity index (χ4n) is 1.65. The molecular formula is C14H16O6S. The van der Waals surface area contributed by atoms with Crippen molar-refractivity contribution < 1.29 is 27.5 Å². The third kappa shape index (κ3) is 3.91. The predicted molar refractivity (Wildman–Crippen MR) is 74.9 cm³/mol. The normalized spacial score (nSPS) is 11.0. The molecule has 7 heteroatoms. The Labute approximate surface area is 123 Å². The maximum Gasteiger partial charge on any atom is 0.320 e. The molecule has 21 heavy (non-hydrogen) atoms. The molecule has 0 aliphatic heterocycles. The first-order valence-electron chi connectivity index (χ1n) is 5.98. The summed E-state index contributed by atoms with van der Waals surface area (Å²) in [5.41, 5.74) is 0. The Kier molecular flexibility index (Phi) is 5.66. The van der Waals surface area contributed by atoms with Gasteiger partial charge in [-0.2, -0.15) is 0 Å². The van der Waals surface area contributed by atoms with Crippen LogP contribution in [0.2, 0.25) is 0 Å². The molecule has 6 nitrogen and oxygen atoms in total. The monoisotopic (exact) mass is 312 g/mol. The summed E-state index contributed by atoms with van der Waals surface area (Å²) in [7, 11) is -1.62. The Balaban J connectivity index is 3.02. The van der Waals surface area contributed by atoms with Crippen LogP contribution in [0.1, 0.15) is 6.42 Å². The summed E-state index contributed by atoms with van der Waals surface area (Å²) in [6.07, 6.45) is -0.392. The Hall–Kier alpha value is -2.15. The molecule has 0 aliphatic carbocycles. The van der Waals surface area contributed by atoms with Crippen LogP contribution in [-0.4, -0.2) is 34.6 Å². The van der Waals surface area contributed by atoms with Crippen LogP contribution in [0.4, 0.5) is 0 Å². The third-order valence-corrected chi connectivity index (χ3v) is 4.66. The zero-order valence-corrected chi connectivity index (χ0v) is 12.6. The van der Waals surface area contributed by atoms with Gasteiger partial charge in [-0.05, 0) is 12.1 Å². The zero-order chi connectivity index (χ0) is 16.0. The van der Waals surface area contributed by atoms with E-state index in [2.05, 4.69) is 16.1 Å². The lowest BCUT2D eigenvalue weighted by atomic mass is 10.1. The second kappa shape index (κ2) is 7.03. The second-order valence-electron chi connectivity index (χ2n) is 4.16. The van der Waals surface area contributed by atoms with Crippen molar-refractivity contribution in [1.82, 2.24) is 0 Å². The van der Waals surface area contributed by atoms with E-state index in [0.717, 1.165) is 14.2 Å². The number of carbonyl (C=O) groups excluding carboxylic acids is 2. The summed E-state index contributed by atoms with van der Waals surface area (Å²) < 4.78 is 33.5. The van der Waals surface area contributed by atoms with Gasteiger partial charge < -0.3 is 9.47 Å². The van der Waals surface area contributed by atoms with Gasteiger partial charge in [0.1, 0.15) is 0 Å². The molecular weight excluding hydrogens is 296 g/mol. The summed E-state index contributed by atoms with van der Waals surface area (Å²) in [5, 5.41) is 0. The molecule has 0 radical (unpaired) electrons. The lowest BCUT2D eigenvalue weighted by Crippen LogP contribution is -2.28. The van der Waals surface area contributed by atoms with Crippen LogP contribution in [0.5, 0.6) is 0 Å². The molecule has 0 N–H and O–H groups in total. The number of rotatable bonds is 6. The van der Waals surface area contributed by atoms with Crippen molar-refractivity contribution in [3.63, 3.8) is 0 Å². The van der Waals surface area contributed by atoms with Gasteiger partial charge in [0.2, 0.25) is 9.84 Å². The molecule has 1 rings (SSSR count). The number of hydrogen-bond donors (Lipinski definition) is 0. The van der Waals surface area contributed by atoms with Gasteiger partial charge in [0.05, 0.1) is 19.1 Å². The number of hydrogen-bond acceptors (Lipinski definition) is 6. The van der Waals surface area contributed by atoms with Crippen molar-refractivity contribution in [2.24, 2.45) is 5.92 Å². The minimum atomic E-state index is -3.83. The summed E-state index contributed by atoms with van der Waals surface area (Å²) in [6.45, 7) is 3.47. The minimum Gasteiger partial charge on any atom is -0.468 e. The predicted octanol–water partition coefficient (Wildman–Crippen LogP) is 1.33. The van der Waals surface area contributed by atoms with Crippen molar-refractivity contribution in [2.75, 3.05) is 14.2 Å². The molecule has 0 fully saturated rings. The quantitative estimate of drug-likeness (QED) is 0.582. The van der Waals surface area contributed by atoms with Crippen LogP contribution >= 0.6 is 0 Å². The van der Waals surface area contributed by atoms with Crippen LogP contribution in [0.15, 0.2) is 46.7 Å². The first kappa shape index (κ1) is 16.9. The van der Waals surface area contributed by atoms with E-state index in [0.29, 0.717) is 0 Å². The van der Waals surface area contributed by atoms with Crippen molar-refractivity contribution in [2.45, 2.75) is 11.3 Å². The summed E-state index contributed by atoms with van der Waals surface area (Å²) in [4.78, 5) is 22.9. The second-order valence-corrected chi connectivity index (χ2v) is 6.21. The van der Waals surface area contributed by atoms with Crippen LogP contribution in [0.25, 0.3) is 0 Å².